The monoisotopic (exact) mass is 532 g/mol. The normalized spacial score (nSPS) is 11.6. The van der Waals surface area contributed by atoms with E-state index < -0.39 is 10.0 Å². The molecule has 0 radical (unpaired) electrons. The average molecular weight is 533 g/mol. The zero-order valence-corrected chi connectivity index (χ0v) is 21.8. The van der Waals surface area contributed by atoms with Gasteiger partial charge < -0.3 is 10.1 Å². The molecule has 0 saturated heterocycles. The van der Waals surface area contributed by atoms with Gasteiger partial charge in [-0.2, -0.15) is 0 Å². The van der Waals surface area contributed by atoms with Crippen molar-refractivity contribution in [1.29, 1.82) is 0 Å². The lowest BCUT2D eigenvalue weighted by atomic mass is 10.0. The number of carbonyl (C=O) groups is 1. The van der Waals surface area contributed by atoms with Gasteiger partial charge in [-0.3, -0.25) is 9.52 Å². The van der Waals surface area contributed by atoms with E-state index in [1.165, 1.54) is 12.1 Å². The molecule has 8 heteroatoms. The van der Waals surface area contributed by atoms with Gasteiger partial charge in [0.05, 0.1) is 17.7 Å². The molecule has 188 valence electrons. The maximum atomic E-state index is 13.3. The van der Waals surface area contributed by atoms with E-state index >= 15 is 0 Å². The summed E-state index contributed by atoms with van der Waals surface area (Å²) in [5.41, 5.74) is 3.53. The standard InChI is InChI=1S/C29H25ClN2O4S/c1-20-27(30)9-6-10-28(20)32-37(34,35)25-17-13-23(14-18-25)31-29(33)26(22-7-4-3-5-8-22)19-21-11-15-24(36-2)16-12-21/h3-19,32H,1-2H3,(H,31,33)/b26-19+. The van der Waals surface area contributed by atoms with Crippen LogP contribution in [0.1, 0.15) is 16.7 Å². The van der Waals surface area contributed by atoms with Crippen molar-refractivity contribution in [1.82, 2.24) is 0 Å². The van der Waals surface area contributed by atoms with Gasteiger partial charge in [0.15, 0.2) is 0 Å². The molecule has 0 saturated carbocycles. The first-order valence-corrected chi connectivity index (χ1v) is 13.2. The van der Waals surface area contributed by atoms with E-state index in [0.29, 0.717) is 27.5 Å². The van der Waals surface area contributed by atoms with Crippen LogP contribution in [0.15, 0.2) is 102 Å². The molecule has 0 aliphatic rings. The molecule has 2 N–H and O–H groups in total. The fraction of sp³-hybridized carbons (Fsp3) is 0.0690. The number of carbonyl (C=O) groups excluding carboxylic acids is 1. The third-order valence-corrected chi connectivity index (χ3v) is 7.48. The topological polar surface area (TPSA) is 84.5 Å². The van der Waals surface area contributed by atoms with Gasteiger partial charge in [0.1, 0.15) is 5.75 Å². The molecule has 37 heavy (non-hydrogen) atoms. The summed E-state index contributed by atoms with van der Waals surface area (Å²) >= 11 is 6.11. The summed E-state index contributed by atoms with van der Waals surface area (Å²) in [5.74, 6) is 0.392. The van der Waals surface area contributed by atoms with Crippen LogP contribution in [0.5, 0.6) is 5.75 Å². The quantitative estimate of drug-likeness (QED) is 0.197. The lowest BCUT2D eigenvalue weighted by Gasteiger charge is -2.13. The zero-order valence-electron chi connectivity index (χ0n) is 20.2. The van der Waals surface area contributed by atoms with Crippen molar-refractivity contribution in [2.45, 2.75) is 11.8 Å². The maximum absolute atomic E-state index is 13.3. The molecule has 0 fully saturated rings. The molecular formula is C29H25ClN2O4S. The van der Waals surface area contributed by atoms with E-state index in [4.69, 9.17) is 16.3 Å². The highest BCUT2D eigenvalue weighted by Gasteiger charge is 2.17. The summed E-state index contributed by atoms with van der Waals surface area (Å²) in [5, 5.41) is 3.33. The minimum Gasteiger partial charge on any atom is -0.497 e. The number of hydrogen-bond acceptors (Lipinski definition) is 4. The highest BCUT2D eigenvalue weighted by Crippen LogP contribution is 2.27. The van der Waals surface area contributed by atoms with Crippen LogP contribution in [0.25, 0.3) is 11.6 Å². The highest BCUT2D eigenvalue weighted by atomic mass is 35.5. The molecular weight excluding hydrogens is 508 g/mol. The van der Waals surface area contributed by atoms with Crippen LogP contribution in [-0.2, 0) is 14.8 Å². The molecule has 1 amide bonds. The predicted octanol–water partition coefficient (Wildman–Crippen LogP) is 6.64. The number of rotatable bonds is 8. The van der Waals surface area contributed by atoms with Crippen LogP contribution in [0.2, 0.25) is 5.02 Å². The predicted molar refractivity (Wildman–Crippen MR) is 149 cm³/mol. The Morgan fingerprint density at radius 2 is 1.54 bits per heavy atom. The number of anilines is 2. The van der Waals surface area contributed by atoms with E-state index in [1.54, 1.807) is 50.4 Å². The number of sulfonamides is 1. The van der Waals surface area contributed by atoms with E-state index in [0.717, 1.165) is 16.9 Å². The van der Waals surface area contributed by atoms with Crippen molar-refractivity contribution < 1.29 is 17.9 Å². The van der Waals surface area contributed by atoms with Crippen LogP contribution in [-0.4, -0.2) is 21.4 Å². The third kappa shape index (κ3) is 6.39. The molecule has 0 aliphatic heterocycles. The number of benzene rings is 4. The van der Waals surface area contributed by atoms with Crippen LogP contribution < -0.4 is 14.8 Å². The van der Waals surface area contributed by atoms with E-state index in [-0.39, 0.29) is 10.8 Å². The van der Waals surface area contributed by atoms with Gasteiger partial charge in [0.2, 0.25) is 0 Å². The van der Waals surface area contributed by atoms with Gasteiger partial charge in [-0.05, 0) is 78.2 Å². The van der Waals surface area contributed by atoms with Crippen molar-refractivity contribution in [2.75, 3.05) is 17.1 Å². The lowest BCUT2D eigenvalue weighted by Crippen LogP contribution is -2.15. The van der Waals surface area contributed by atoms with Crippen LogP contribution in [0.3, 0.4) is 0 Å². The number of amides is 1. The highest BCUT2D eigenvalue weighted by molar-refractivity contribution is 7.92. The minimum absolute atomic E-state index is 0.0573. The van der Waals surface area contributed by atoms with E-state index in [1.807, 2.05) is 54.6 Å². The fourth-order valence-corrected chi connectivity index (χ4v) is 4.90. The Balaban J connectivity index is 1.56. The molecule has 4 aromatic rings. The first-order valence-electron chi connectivity index (χ1n) is 11.4. The SMILES string of the molecule is COc1ccc(/C=C(/C(=O)Nc2ccc(S(=O)(=O)Nc3cccc(Cl)c3C)cc2)c2ccccc2)cc1. The van der Waals surface area contributed by atoms with Crippen LogP contribution >= 0.6 is 11.6 Å². The summed E-state index contributed by atoms with van der Waals surface area (Å²) in [4.78, 5) is 13.3. The molecule has 6 nitrogen and oxygen atoms in total. The molecule has 4 aromatic carbocycles. The van der Waals surface area contributed by atoms with Gasteiger partial charge in [-0.1, -0.05) is 60.1 Å². The lowest BCUT2D eigenvalue weighted by molar-refractivity contribution is -0.111. The van der Waals surface area contributed by atoms with Gasteiger partial charge in [-0.15, -0.1) is 0 Å². The zero-order chi connectivity index (χ0) is 26.4. The molecule has 0 heterocycles. The summed E-state index contributed by atoms with van der Waals surface area (Å²) in [7, 11) is -2.25. The molecule has 0 unspecified atom stereocenters. The second kappa shape index (κ2) is 11.3. The first-order chi connectivity index (χ1) is 17.8. The number of hydrogen-bond donors (Lipinski definition) is 2. The maximum Gasteiger partial charge on any atom is 0.261 e. The summed E-state index contributed by atoms with van der Waals surface area (Å²) < 4.78 is 33.5. The fourth-order valence-electron chi connectivity index (χ4n) is 3.60. The second-order valence-corrected chi connectivity index (χ2v) is 10.3. The first kappa shape index (κ1) is 26.0. The number of methoxy groups -OCH3 is 1. The van der Waals surface area contributed by atoms with Crippen molar-refractivity contribution in [3.63, 3.8) is 0 Å². The largest absolute Gasteiger partial charge is 0.497 e. The summed E-state index contributed by atoms with van der Waals surface area (Å²) in [6.07, 6.45) is 1.79. The Morgan fingerprint density at radius 1 is 0.865 bits per heavy atom. The van der Waals surface area contributed by atoms with Gasteiger partial charge in [0, 0.05) is 16.3 Å². The Kier molecular flexibility index (Phi) is 7.96. The average Bonchev–Trinajstić information content (AvgIpc) is 2.91. The van der Waals surface area contributed by atoms with Crippen LogP contribution in [0, 0.1) is 6.92 Å². The van der Waals surface area contributed by atoms with Gasteiger partial charge >= 0.3 is 0 Å². The number of nitrogens with one attached hydrogen (secondary N) is 2. The smallest absolute Gasteiger partial charge is 0.261 e. The molecule has 0 atom stereocenters. The second-order valence-electron chi connectivity index (χ2n) is 8.19. The molecule has 4 rings (SSSR count). The Morgan fingerprint density at radius 3 is 2.19 bits per heavy atom. The summed E-state index contributed by atoms with van der Waals surface area (Å²) in [6, 6.07) is 27.7. The summed E-state index contributed by atoms with van der Waals surface area (Å²) in [6.45, 7) is 1.74. The van der Waals surface area contributed by atoms with Crippen molar-refractivity contribution in [3.05, 3.63) is 119 Å². The Hall–Kier alpha value is -4.07. The molecule has 0 bridgehead atoms. The molecule has 0 aromatic heterocycles. The molecule has 0 spiro atoms. The van der Waals surface area contributed by atoms with E-state index in [2.05, 4.69) is 10.0 Å². The molecule has 0 aliphatic carbocycles. The van der Waals surface area contributed by atoms with Crippen LogP contribution in [0.4, 0.5) is 11.4 Å². The van der Waals surface area contributed by atoms with Gasteiger partial charge in [-0.25, -0.2) is 8.42 Å². The number of ether oxygens (including phenoxy) is 1. The van der Waals surface area contributed by atoms with Crippen molar-refractivity contribution >= 4 is 50.6 Å². The van der Waals surface area contributed by atoms with Gasteiger partial charge in [0.25, 0.3) is 15.9 Å². The Labute approximate surface area is 221 Å². The third-order valence-electron chi connectivity index (χ3n) is 5.69. The van der Waals surface area contributed by atoms with E-state index in [9.17, 15) is 13.2 Å². The Bertz CT molecular complexity index is 1530. The number of halogens is 1. The van der Waals surface area contributed by atoms with Crippen molar-refractivity contribution in [3.8, 4) is 5.75 Å². The minimum atomic E-state index is -3.85. The van der Waals surface area contributed by atoms with Crippen molar-refractivity contribution in [2.24, 2.45) is 0 Å².